The van der Waals surface area contributed by atoms with Crippen LogP contribution in [0.15, 0.2) is 31.1 Å². The quantitative estimate of drug-likeness (QED) is 0.817. The lowest BCUT2D eigenvalue weighted by Gasteiger charge is -2.15. The van der Waals surface area contributed by atoms with Crippen LogP contribution in [-0.4, -0.2) is 38.4 Å². The second-order valence-corrected chi connectivity index (χ2v) is 4.35. The molecule has 1 aromatic heterocycles. The van der Waals surface area contributed by atoms with Crippen LogP contribution < -0.4 is 18.9 Å². The Kier molecular flexibility index (Phi) is 4.83. The van der Waals surface area contributed by atoms with E-state index in [1.54, 1.807) is 33.7 Å². The molecule has 0 saturated heterocycles. The van der Waals surface area contributed by atoms with Gasteiger partial charge >= 0.3 is 6.01 Å². The van der Waals surface area contributed by atoms with Crippen molar-refractivity contribution >= 4 is 5.57 Å². The first-order chi connectivity index (χ1) is 10.6. The third-order valence-corrected chi connectivity index (χ3v) is 3.17. The Labute approximate surface area is 129 Å². The number of nitrogens with zero attached hydrogens (tertiary/aromatic N) is 2. The van der Waals surface area contributed by atoms with Crippen molar-refractivity contribution < 1.29 is 18.9 Å². The highest BCUT2D eigenvalue weighted by Gasteiger charge is 2.15. The van der Waals surface area contributed by atoms with Crippen molar-refractivity contribution in [1.29, 1.82) is 0 Å². The maximum absolute atomic E-state index is 5.34. The summed E-state index contributed by atoms with van der Waals surface area (Å²) in [5.74, 6) is 1.66. The van der Waals surface area contributed by atoms with Crippen molar-refractivity contribution in [3.05, 3.63) is 42.2 Å². The molecule has 2 rings (SSSR count). The van der Waals surface area contributed by atoms with Gasteiger partial charge in [-0.1, -0.05) is 6.58 Å². The van der Waals surface area contributed by atoms with E-state index in [1.165, 1.54) is 7.11 Å². The molecule has 6 heteroatoms. The molecular weight excluding hydrogens is 284 g/mol. The molecule has 0 aliphatic heterocycles. The summed E-state index contributed by atoms with van der Waals surface area (Å²) in [6.45, 7) is 4.08. The molecule has 0 aliphatic carbocycles. The summed E-state index contributed by atoms with van der Waals surface area (Å²) in [5, 5.41) is 0. The SMILES string of the molecule is C=C(c1cnc(OC)nc1)c1cc(OC)c(OC)c(OC)c1. The summed E-state index contributed by atoms with van der Waals surface area (Å²) in [4.78, 5) is 8.16. The number of benzene rings is 1. The predicted octanol–water partition coefficient (Wildman–Crippen LogP) is 2.57. The number of rotatable bonds is 6. The highest BCUT2D eigenvalue weighted by Crippen LogP contribution is 2.40. The third kappa shape index (κ3) is 2.95. The highest BCUT2D eigenvalue weighted by atomic mass is 16.5. The molecule has 0 N–H and O–H groups in total. The van der Waals surface area contributed by atoms with Crippen LogP contribution in [0.5, 0.6) is 23.3 Å². The number of ether oxygens (including phenoxy) is 4. The van der Waals surface area contributed by atoms with E-state index in [0.29, 0.717) is 23.3 Å². The first-order valence-electron chi connectivity index (χ1n) is 6.50. The van der Waals surface area contributed by atoms with Crippen LogP contribution in [0.3, 0.4) is 0 Å². The molecule has 116 valence electrons. The van der Waals surface area contributed by atoms with Crippen LogP contribution in [0.4, 0.5) is 0 Å². The number of methoxy groups -OCH3 is 4. The van der Waals surface area contributed by atoms with E-state index in [1.807, 2.05) is 12.1 Å². The van der Waals surface area contributed by atoms with Gasteiger partial charge < -0.3 is 18.9 Å². The molecule has 1 heterocycles. The Hall–Kier alpha value is -2.76. The lowest BCUT2D eigenvalue weighted by atomic mass is 10.0. The number of aromatic nitrogens is 2. The summed E-state index contributed by atoms with van der Waals surface area (Å²) < 4.78 is 20.9. The minimum Gasteiger partial charge on any atom is -0.493 e. The Morgan fingerprint density at radius 2 is 1.36 bits per heavy atom. The van der Waals surface area contributed by atoms with Crippen LogP contribution in [0.1, 0.15) is 11.1 Å². The van der Waals surface area contributed by atoms with Gasteiger partial charge in [0.1, 0.15) is 0 Å². The molecule has 1 aromatic carbocycles. The van der Waals surface area contributed by atoms with Crippen molar-refractivity contribution in [3.63, 3.8) is 0 Å². The van der Waals surface area contributed by atoms with Gasteiger partial charge in [0.05, 0.1) is 28.4 Å². The predicted molar refractivity (Wildman–Crippen MR) is 82.8 cm³/mol. The molecule has 0 unspecified atom stereocenters. The van der Waals surface area contributed by atoms with Crippen molar-refractivity contribution in [2.75, 3.05) is 28.4 Å². The zero-order valence-electron chi connectivity index (χ0n) is 13.0. The van der Waals surface area contributed by atoms with Crippen molar-refractivity contribution in [3.8, 4) is 23.3 Å². The average molecular weight is 302 g/mol. The summed E-state index contributed by atoms with van der Waals surface area (Å²) in [6.07, 6.45) is 3.30. The van der Waals surface area contributed by atoms with E-state index in [9.17, 15) is 0 Å². The van der Waals surface area contributed by atoms with Gasteiger partial charge in [0.25, 0.3) is 0 Å². The third-order valence-electron chi connectivity index (χ3n) is 3.17. The monoisotopic (exact) mass is 302 g/mol. The van der Waals surface area contributed by atoms with E-state index in [4.69, 9.17) is 18.9 Å². The fourth-order valence-electron chi connectivity index (χ4n) is 2.00. The lowest BCUT2D eigenvalue weighted by molar-refractivity contribution is 0.324. The first-order valence-corrected chi connectivity index (χ1v) is 6.50. The maximum atomic E-state index is 5.34. The second-order valence-electron chi connectivity index (χ2n) is 4.35. The molecule has 0 fully saturated rings. The van der Waals surface area contributed by atoms with Gasteiger partial charge in [-0.15, -0.1) is 0 Å². The molecule has 6 nitrogen and oxygen atoms in total. The van der Waals surface area contributed by atoms with Gasteiger partial charge in [0.15, 0.2) is 11.5 Å². The Morgan fingerprint density at radius 3 is 1.77 bits per heavy atom. The molecule has 0 atom stereocenters. The number of hydrogen-bond acceptors (Lipinski definition) is 6. The molecule has 22 heavy (non-hydrogen) atoms. The van der Waals surface area contributed by atoms with Gasteiger partial charge in [0.2, 0.25) is 5.75 Å². The fourth-order valence-corrected chi connectivity index (χ4v) is 2.00. The Morgan fingerprint density at radius 1 is 0.818 bits per heavy atom. The normalized spacial score (nSPS) is 10.0. The molecule has 0 spiro atoms. The van der Waals surface area contributed by atoms with E-state index < -0.39 is 0 Å². The second kappa shape index (κ2) is 6.80. The smallest absolute Gasteiger partial charge is 0.316 e. The summed E-state index contributed by atoms with van der Waals surface area (Å²) in [5.41, 5.74) is 2.33. The van der Waals surface area contributed by atoms with Gasteiger partial charge in [0, 0.05) is 18.0 Å². The van der Waals surface area contributed by atoms with E-state index in [2.05, 4.69) is 16.5 Å². The van der Waals surface area contributed by atoms with E-state index >= 15 is 0 Å². The summed E-state index contributed by atoms with van der Waals surface area (Å²) in [7, 11) is 6.22. The van der Waals surface area contributed by atoms with E-state index in [0.717, 1.165) is 16.7 Å². The largest absolute Gasteiger partial charge is 0.493 e. The first kappa shape index (κ1) is 15.6. The maximum Gasteiger partial charge on any atom is 0.316 e. The topological polar surface area (TPSA) is 62.7 Å². The molecule has 0 bridgehead atoms. The van der Waals surface area contributed by atoms with Gasteiger partial charge in [-0.3, -0.25) is 0 Å². The number of hydrogen-bond donors (Lipinski definition) is 0. The molecular formula is C16H18N2O4. The van der Waals surface area contributed by atoms with Crippen molar-refractivity contribution in [2.24, 2.45) is 0 Å². The standard InChI is InChI=1S/C16H18N2O4/c1-10(12-8-17-16(22-5)18-9-12)11-6-13(19-2)15(21-4)14(7-11)20-3/h6-9H,1H2,2-5H3. The fraction of sp³-hybridized carbons (Fsp3) is 0.250. The minimum absolute atomic E-state index is 0.307. The summed E-state index contributed by atoms with van der Waals surface area (Å²) in [6, 6.07) is 3.96. The van der Waals surface area contributed by atoms with E-state index in [-0.39, 0.29) is 0 Å². The van der Waals surface area contributed by atoms with Crippen LogP contribution in [0.25, 0.3) is 5.57 Å². The van der Waals surface area contributed by atoms with Gasteiger partial charge in [-0.05, 0) is 23.3 Å². The van der Waals surface area contributed by atoms with Crippen LogP contribution in [0, 0.1) is 0 Å². The molecule has 0 aliphatic rings. The lowest BCUT2D eigenvalue weighted by Crippen LogP contribution is -1.98. The molecule has 2 aromatic rings. The van der Waals surface area contributed by atoms with Crippen molar-refractivity contribution in [2.45, 2.75) is 0 Å². The average Bonchev–Trinajstić information content (AvgIpc) is 2.59. The minimum atomic E-state index is 0.307. The van der Waals surface area contributed by atoms with Crippen LogP contribution in [-0.2, 0) is 0 Å². The molecule has 0 amide bonds. The zero-order valence-corrected chi connectivity index (χ0v) is 13.0. The zero-order chi connectivity index (χ0) is 16.1. The summed E-state index contributed by atoms with van der Waals surface area (Å²) >= 11 is 0. The molecule has 0 radical (unpaired) electrons. The molecule has 0 saturated carbocycles. The highest BCUT2D eigenvalue weighted by molar-refractivity contribution is 5.80. The van der Waals surface area contributed by atoms with Gasteiger partial charge in [-0.2, -0.15) is 0 Å². The van der Waals surface area contributed by atoms with Crippen molar-refractivity contribution in [1.82, 2.24) is 9.97 Å². The van der Waals surface area contributed by atoms with Crippen LogP contribution >= 0.6 is 0 Å². The van der Waals surface area contributed by atoms with Gasteiger partial charge in [-0.25, -0.2) is 9.97 Å². The van der Waals surface area contributed by atoms with Crippen LogP contribution in [0.2, 0.25) is 0 Å². The Bertz CT molecular complexity index is 643. The Balaban J connectivity index is 2.44.